The van der Waals surface area contributed by atoms with Crippen LogP contribution in [-0.2, 0) is 65.4 Å². The Hall–Kier alpha value is -4.02. The molecule has 0 radical (unpaired) electrons. The molecule has 0 spiro atoms. The van der Waals surface area contributed by atoms with Crippen LogP contribution in [0.15, 0.2) is 97.2 Å². The Morgan fingerprint density at radius 2 is 0.490 bits per heavy atom. The molecule has 0 fully saturated rings. The van der Waals surface area contributed by atoms with Gasteiger partial charge in [0.25, 0.3) is 0 Å². The third-order valence-electron chi connectivity index (χ3n) is 17.0. The average Bonchev–Trinajstić information content (AvgIpc) is 0.917. The molecule has 0 aromatic heterocycles. The summed E-state index contributed by atoms with van der Waals surface area (Å²) in [5.41, 5.74) is 0. The Kier molecular flexibility index (Phi) is 72.3. The van der Waals surface area contributed by atoms with E-state index in [0.717, 1.165) is 148 Å². The Balaban J connectivity index is 5.42. The summed E-state index contributed by atoms with van der Waals surface area (Å²) in [4.78, 5) is 73.0. The number of phosphoric acid groups is 2. The highest BCUT2D eigenvalue weighted by molar-refractivity contribution is 7.47. The zero-order valence-electron chi connectivity index (χ0n) is 64.5. The molecule has 17 nitrogen and oxygen atoms in total. The Morgan fingerprint density at radius 3 is 0.804 bits per heavy atom. The molecule has 0 saturated carbocycles. The number of hydrogen-bond donors (Lipinski definition) is 3. The zero-order valence-corrected chi connectivity index (χ0v) is 66.3. The lowest BCUT2D eigenvalue weighted by Crippen LogP contribution is -2.30. The van der Waals surface area contributed by atoms with Gasteiger partial charge in [0.05, 0.1) is 26.4 Å². The maximum atomic E-state index is 13.1. The normalized spacial score (nSPS) is 14.4. The minimum Gasteiger partial charge on any atom is -0.462 e. The van der Waals surface area contributed by atoms with Gasteiger partial charge in [-0.2, -0.15) is 0 Å². The van der Waals surface area contributed by atoms with Crippen molar-refractivity contribution in [2.24, 2.45) is 0 Å². The molecule has 0 heterocycles. The summed E-state index contributed by atoms with van der Waals surface area (Å²) in [7, 11) is -9.98. The second kappa shape index (κ2) is 75.2. The number of rotatable bonds is 76. The molecule has 0 aromatic carbocycles. The molecule has 0 aliphatic rings. The molecular weight excluding hydrogens is 1330 g/mol. The van der Waals surface area contributed by atoms with Gasteiger partial charge in [0.1, 0.15) is 19.3 Å². The molecule has 5 atom stereocenters. The lowest BCUT2D eigenvalue weighted by Gasteiger charge is -2.21. The summed E-state index contributed by atoms with van der Waals surface area (Å²) in [5, 5.41) is 10.6. The highest BCUT2D eigenvalue weighted by Crippen LogP contribution is 2.45. The summed E-state index contributed by atoms with van der Waals surface area (Å²) in [6.07, 6.45) is 79.6. The molecule has 0 amide bonds. The fraction of sp³-hybridized carbons (Fsp3) is 0.759. The third kappa shape index (κ3) is 74.3. The van der Waals surface area contributed by atoms with Crippen LogP contribution < -0.4 is 0 Å². The highest BCUT2D eigenvalue weighted by Gasteiger charge is 2.30. The number of aliphatic hydroxyl groups excluding tert-OH is 1. The standard InChI is InChI=1S/C83H146O17P2/c1-5-9-13-17-21-25-29-33-37-38-42-46-50-54-58-62-66-70-83(88)100-79(74-94-81(86)68-64-60-56-52-48-44-40-35-31-27-23-19-15-11-7-3)76-98-102(91,92)96-72-77(84)71-95-101(89,90)97-75-78(99-82(87)69-65-61-57-53-49-45-41-36-32-28-24-20-16-12-8-4)73-93-80(85)67-63-59-55-51-47-43-39-34-30-26-22-18-14-10-6-2/h21-22,25-26,33-37,39-42,46,54,58,77-79,84H,5-20,23-24,27-32,38,43-45,47-53,55-57,59-76H2,1-4H3,(H,89,90)(H,91,92)/b25-21-,26-22-,37-33-,39-34-,40-35-,41-36-,46-42-,58-54-/t77-,78-,79-/m1/s1. The smallest absolute Gasteiger partial charge is 0.462 e. The van der Waals surface area contributed by atoms with Crippen LogP contribution in [0.2, 0.25) is 0 Å². The predicted molar refractivity (Wildman–Crippen MR) is 418 cm³/mol. The van der Waals surface area contributed by atoms with Gasteiger partial charge in [-0.15, -0.1) is 0 Å². The number of ether oxygens (including phenoxy) is 4. The van der Waals surface area contributed by atoms with Crippen LogP contribution in [0.3, 0.4) is 0 Å². The van der Waals surface area contributed by atoms with Crippen molar-refractivity contribution in [2.45, 2.75) is 367 Å². The minimum absolute atomic E-state index is 0.0178. The summed E-state index contributed by atoms with van der Waals surface area (Å²) >= 11 is 0. The summed E-state index contributed by atoms with van der Waals surface area (Å²) in [6.45, 7) is 4.75. The van der Waals surface area contributed by atoms with Gasteiger partial charge in [0.15, 0.2) is 12.2 Å². The van der Waals surface area contributed by atoms with Crippen molar-refractivity contribution in [2.75, 3.05) is 39.6 Å². The number of carbonyl (C=O) groups excluding carboxylic acids is 4. The Morgan fingerprint density at radius 1 is 0.275 bits per heavy atom. The second-order valence-electron chi connectivity index (χ2n) is 27.0. The number of hydrogen-bond acceptors (Lipinski definition) is 15. The molecule has 102 heavy (non-hydrogen) atoms. The molecule has 0 bridgehead atoms. The monoisotopic (exact) mass is 1480 g/mol. The molecule has 0 aromatic rings. The molecule has 3 N–H and O–H groups in total. The van der Waals surface area contributed by atoms with Crippen LogP contribution in [0.25, 0.3) is 0 Å². The lowest BCUT2D eigenvalue weighted by molar-refractivity contribution is -0.161. The molecule has 19 heteroatoms. The van der Waals surface area contributed by atoms with Crippen LogP contribution in [-0.4, -0.2) is 96.7 Å². The Labute approximate surface area is 620 Å². The fourth-order valence-electron chi connectivity index (χ4n) is 10.8. The minimum atomic E-state index is -4.99. The van der Waals surface area contributed by atoms with Crippen molar-refractivity contribution in [1.29, 1.82) is 0 Å². The molecule has 0 aliphatic heterocycles. The molecule has 0 saturated heterocycles. The first-order chi connectivity index (χ1) is 49.7. The number of esters is 4. The maximum Gasteiger partial charge on any atom is 0.472 e. The molecule has 590 valence electrons. The summed E-state index contributed by atoms with van der Waals surface area (Å²) in [6, 6.07) is 0. The van der Waals surface area contributed by atoms with E-state index in [4.69, 9.17) is 37.0 Å². The van der Waals surface area contributed by atoms with Crippen molar-refractivity contribution < 1.29 is 80.2 Å². The van der Waals surface area contributed by atoms with Crippen LogP contribution in [0.4, 0.5) is 0 Å². The molecule has 2 unspecified atom stereocenters. The van der Waals surface area contributed by atoms with Crippen LogP contribution in [0.5, 0.6) is 0 Å². The van der Waals surface area contributed by atoms with Gasteiger partial charge in [0, 0.05) is 25.7 Å². The molecule has 0 rings (SSSR count). The van der Waals surface area contributed by atoms with E-state index in [1.807, 2.05) is 12.2 Å². The van der Waals surface area contributed by atoms with Crippen molar-refractivity contribution in [3.05, 3.63) is 97.2 Å². The number of unbranched alkanes of at least 4 members (excludes halogenated alkanes) is 34. The van der Waals surface area contributed by atoms with Crippen molar-refractivity contribution in [1.82, 2.24) is 0 Å². The number of allylic oxidation sites excluding steroid dienone is 16. The van der Waals surface area contributed by atoms with Crippen LogP contribution >= 0.6 is 15.6 Å². The maximum absolute atomic E-state index is 13.1. The van der Waals surface area contributed by atoms with E-state index in [-0.39, 0.29) is 25.7 Å². The zero-order chi connectivity index (χ0) is 74.6. The van der Waals surface area contributed by atoms with Crippen molar-refractivity contribution >= 4 is 39.5 Å². The van der Waals surface area contributed by atoms with Gasteiger partial charge >= 0.3 is 39.5 Å². The average molecular weight is 1480 g/mol. The van der Waals surface area contributed by atoms with Crippen molar-refractivity contribution in [3.63, 3.8) is 0 Å². The van der Waals surface area contributed by atoms with E-state index in [1.165, 1.54) is 116 Å². The van der Waals surface area contributed by atoms with Gasteiger partial charge < -0.3 is 33.8 Å². The highest BCUT2D eigenvalue weighted by atomic mass is 31.2. The van der Waals surface area contributed by atoms with Gasteiger partial charge in [-0.25, -0.2) is 9.13 Å². The third-order valence-corrected chi connectivity index (χ3v) is 18.9. The first kappa shape index (κ1) is 98.0. The van der Waals surface area contributed by atoms with E-state index in [9.17, 15) is 43.2 Å². The molecular formula is C83H146O17P2. The van der Waals surface area contributed by atoms with Gasteiger partial charge in [-0.05, 0) is 148 Å². The van der Waals surface area contributed by atoms with E-state index in [1.54, 1.807) is 0 Å². The van der Waals surface area contributed by atoms with E-state index in [0.29, 0.717) is 32.1 Å². The quantitative estimate of drug-likeness (QED) is 0.0169. The number of carbonyl (C=O) groups is 4. The van der Waals surface area contributed by atoms with Gasteiger partial charge in [-0.1, -0.05) is 273 Å². The SMILES string of the molecule is CCCCC/C=C\C/C=C\C/C=C\C/C=C\CCCC(=O)O[C@H](COC(=O)CCCCCCC/C=C\CCCCCCCC)COP(=O)(O)OC[C@H](O)COP(=O)(O)OC[C@@H](COC(=O)CCCCCCC/C=C\C/C=C\CCCCC)OC(=O)CCCCCCC/C=C\CCCCCCCC. The van der Waals surface area contributed by atoms with E-state index >= 15 is 0 Å². The first-order valence-corrected chi connectivity index (χ1v) is 43.5. The fourth-order valence-corrected chi connectivity index (χ4v) is 12.3. The number of aliphatic hydroxyl groups is 1. The van der Waals surface area contributed by atoms with Gasteiger partial charge in [-0.3, -0.25) is 37.3 Å². The first-order valence-electron chi connectivity index (χ1n) is 40.5. The van der Waals surface area contributed by atoms with Crippen molar-refractivity contribution in [3.8, 4) is 0 Å². The van der Waals surface area contributed by atoms with E-state index < -0.39 is 97.5 Å². The summed E-state index contributed by atoms with van der Waals surface area (Å²) < 4.78 is 68.6. The Bertz CT molecular complexity index is 2310. The van der Waals surface area contributed by atoms with Gasteiger partial charge in [0.2, 0.25) is 0 Å². The topological polar surface area (TPSA) is 237 Å². The lowest BCUT2D eigenvalue weighted by atomic mass is 10.1. The second-order valence-corrected chi connectivity index (χ2v) is 29.9. The predicted octanol–water partition coefficient (Wildman–Crippen LogP) is 23.6. The largest absolute Gasteiger partial charge is 0.472 e. The van der Waals surface area contributed by atoms with Crippen LogP contribution in [0.1, 0.15) is 349 Å². The van der Waals surface area contributed by atoms with Crippen LogP contribution in [0, 0.1) is 0 Å². The van der Waals surface area contributed by atoms with E-state index in [2.05, 4.69) is 113 Å². The summed E-state index contributed by atoms with van der Waals surface area (Å²) in [5.74, 6) is -2.26. The number of phosphoric ester groups is 2. The molecule has 0 aliphatic carbocycles.